The zero-order valence-corrected chi connectivity index (χ0v) is 9.60. The Hall–Kier alpha value is -0.700. The van der Waals surface area contributed by atoms with Gasteiger partial charge >= 0.3 is 0 Å². The number of phenolic OH excluding ortho intramolecular Hbond substituents is 1. The third-order valence-electron chi connectivity index (χ3n) is 2.14. The smallest absolute Gasteiger partial charge is 0.136 e. The number of aromatic hydroxyl groups is 1. The van der Waals surface area contributed by atoms with Gasteiger partial charge in [-0.25, -0.2) is 0 Å². The number of methoxy groups -OCH3 is 1. The van der Waals surface area contributed by atoms with E-state index in [4.69, 9.17) is 4.74 Å². The second-order valence-electron chi connectivity index (χ2n) is 2.87. The molecule has 72 valence electrons. The minimum Gasteiger partial charge on any atom is -0.508 e. The van der Waals surface area contributed by atoms with Crippen LogP contribution in [0, 0.1) is 6.92 Å². The lowest BCUT2D eigenvalue weighted by Gasteiger charge is -2.12. The Bertz CT molecular complexity index is 293. The summed E-state index contributed by atoms with van der Waals surface area (Å²) in [6.45, 7) is 3.96. The van der Waals surface area contributed by atoms with Gasteiger partial charge in [0.05, 0.1) is 11.6 Å². The molecule has 2 nitrogen and oxygen atoms in total. The van der Waals surface area contributed by atoms with Crippen LogP contribution in [0.3, 0.4) is 0 Å². The summed E-state index contributed by atoms with van der Waals surface area (Å²) >= 11 is 3.34. The Morgan fingerprint density at radius 2 is 2.15 bits per heavy atom. The van der Waals surface area contributed by atoms with Gasteiger partial charge in [-0.15, -0.1) is 0 Å². The molecule has 1 aromatic carbocycles. The molecule has 0 aliphatic rings. The Kier molecular flexibility index (Phi) is 3.20. The lowest BCUT2D eigenvalue weighted by Crippen LogP contribution is -1.94. The fraction of sp³-hybridized carbons (Fsp3) is 0.400. The van der Waals surface area contributed by atoms with E-state index in [0.717, 1.165) is 27.8 Å². The summed E-state index contributed by atoms with van der Waals surface area (Å²) < 4.78 is 6.01. The minimum absolute atomic E-state index is 0.327. The zero-order valence-electron chi connectivity index (χ0n) is 8.02. The first-order valence-electron chi connectivity index (χ1n) is 4.16. The maximum atomic E-state index is 9.61. The highest BCUT2D eigenvalue weighted by molar-refractivity contribution is 9.10. The zero-order chi connectivity index (χ0) is 10.0. The van der Waals surface area contributed by atoms with Gasteiger partial charge in [-0.1, -0.05) is 6.92 Å². The van der Waals surface area contributed by atoms with Crippen molar-refractivity contribution in [2.24, 2.45) is 0 Å². The Labute approximate surface area is 86.7 Å². The first-order valence-corrected chi connectivity index (χ1v) is 4.96. The SMILES string of the molecule is CCc1c(O)cc(Br)c(OC)c1C. The summed E-state index contributed by atoms with van der Waals surface area (Å²) in [6.07, 6.45) is 0.807. The quantitative estimate of drug-likeness (QED) is 0.867. The molecule has 0 aliphatic heterocycles. The van der Waals surface area contributed by atoms with Gasteiger partial charge in [0.1, 0.15) is 11.5 Å². The van der Waals surface area contributed by atoms with Crippen LogP contribution in [-0.2, 0) is 6.42 Å². The van der Waals surface area contributed by atoms with Crippen molar-refractivity contribution in [1.29, 1.82) is 0 Å². The molecule has 0 atom stereocenters. The monoisotopic (exact) mass is 244 g/mol. The van der Waals surface area contributed by atoms with E-state index in [1.54, 1.807) is 13.2 Å². The summed E-state index contributed by atoms with van der Waals surface area (Å²) in [5.74, 6) is 1.13. The van der Waals surface area contributed by atoms with Crippen LogP contribution < -0.4 is 4.74 Å². The van der Waals surface area contributed by atoms with E-state index in [1.807, 2.05) is 13.8 Å². The number of halogens is 1. The molecule has 0 saturated carbocycles. The molecule has 13 heavy (non-hydrogen) atoms. The van der Waals surface area contributed by atoms with E-state index in [9.17, 15) is 5.11 Å². The normalized spacial score (nSPS) is 10.2. The number of rotatable bonds is 2. The second kappa shape index (κ2) is 4.01. The van der Waals surface area contributed by atoms with Crippen molar-refractivity contribution < 1.29 is 9.84 Å². The van der Waals surface area contributed by atoms with Gasteiger partial charge in [0.25, 0.3) is 0 Å². The third-order valence-corrected chi connectivity index (χ3v) is 2.73. The molecule has 0 amide bonds. The molecule has 0 saturated heterocycles. The molecule has 1 rings (SSSR count). The van der Waals surface area contributed by atoms with Crippen molar-refractivity contribution in [2.45, 2.75) is 20.3 Å². The standard InChI is InChI=1S/C10H13BrO2/c1-4-7-6(2)10(13-3)8(11)5-9(7)12/h5,12H,4H2,1-3H3. The van der Waals surface area contributed by atoms with E-state index in [2.05, 4.69) is 15.9 Å². The number of phenols is 1. The van der Waals surface area contributed by atoms with Crippen LogP contribution >= 0.6 is 15.9 Å². The van der Waals surface area contributed by atoms with Crippen LogP contribution in [0.25, 0.3) is 0 Å². The largest absolute Gasteiger partial charge is 0.508 e. The van der Waals surface area contributed by atoms with Gasteiger partial charge in [0, 0.05) is 5.56 Å². The molecule has 0 spiro atoms. The van der Waals surface area contributed by atoms with Crippen molar-refractivity contribution in [2.75, 3.05) is 7.11 Å². The van der Waals surface area contributed by atoms with Crippen LogP contribution in [-0.4, -0.2) is 12.2 Å². The van der Waals surface area contributed by atoms with Gasteiger partial charge < -0.3 is 9.84 Å². The average molecular weight is 245 g/mol. The summed E-state index contributed by atoms with van der Waals surface area (Å²) in [6, 6.07) is 1.67. The number of benzene rings is 1. The number of hydrogen-bond acceptors (Lipinski definition) is 2. The van der Waals surface area contributed by atoms with Gasteiger partial charge in [-0.05, 0) is 40.9 Å². The van der Waals surface area contributed by atoms with Crippen LogP contribution in [0.4, 0.5) is 0 Å². The molecule has 1 aromatic rings. The van der Waals surface area contributed by atoms with E-state index in [1.165, 1.54) is 0 Å². The summed E-state index contributed by atoms with van der Waals surface area (Å²) in [5.41, 5.74) is 1.94. The molecule has 0 unspecified atom stereocenters. The van der Waals surface area contributed by atoms with Crippen LogP contribution in [0.15, 0.2) is 10.5 Å². The molecule has 0 radical (unpaired) electrons. The van der Waals surface area contributed by atoms with E-state index < -0.39 is 0 Å². The summed E-state index contributed by atoms with van der Waals surface area (Å²) in [4.78, 5) is 0. The third kappa shape index (κ3) is 1.80. The Balaban J connectivity index is 3.39. The van der Waals surface area contributed by atoms with E-state index in [-0.39, 0.29) is 0 Å². The fourth-order valence-electron chi connectivity index (χ4n) is 1.48. The van der Waals surface area contributed by atoms with Crippen molar-refractivity contribution >= 4 is 15.9 Å². The van der Waals surface area contributed by atoms with E-state index >= 15 is 0 Å². The maximum absolute atomic E-state index is 9.61. The maximum Gasteiger partial charge on any atom is 0.136 e. The molecule has 0 heterocycles. The van der Waals surface area contributed by atoms with Gasteiger partial charge in [0.15, 0.2) is 0 Å². The molecular weight excluding hydrogens is 232 g/mol. The molecule has 0 aromatic heterocycles. The molecule has 1 N–H and O–H groups in total. The highest BCUT2D eigenvalue weighted by Gasteiger charge is 2.12. The predicted molar refractivity (Wildman–Crippen MR) is 56.5 cm³/mol. The Morgan fingerprint density at radius 1 is 1.54 bits per heavy atom. The van der Waals surface area contributed by atoms with E-state index in [0.29, 0.717) is 5.75 Å². The van der Waals surface area contributed by atoms with Crippen molar-refractivity contribution in [3.8, 4) is 11.5 Å². The lowest BCUT2D eigenvalue weighted by atomic mass is 10.0. The van der Waals surface area contributed by atoms with Crippen molar-refractivity contribution in [1.82, 2.24) is 0 Å². The second-order valence-corrected chi connectivity index (χ2v) is 3.72. The van der Waals surface area contributed by atoms with Crippen molar-refractivity contribution in [3.05, 3.63) is 21.7 Å². The molecule has 0 aliphatic carbocycles. The highest BCUT2D eigenvalue weighted by atomic mass is 79.9. The Morgan fingerprint density at radius 3 is 2.62 bits per heavy atom. The first-order chi connectivity index (χ1) is 6.11. The predicted octanol–water partition coefficient (Wildman–Crippen LogP) is 3.03. The summed E-state index contributed by atoms with van der Waals surface area (Å²) in [5, 5.41) is 9.61. The molecule has 3 heteroatoms. The molecule has 0 fully saturated rings. The number of ether oxygens (including phenoxy) is 1. The summed E-state index contributed by atoms with van der Waals surface area (Å²) in [7, 11) is 1.63. The first kappa shape index (κ1) is 10.4. The van der Waals surface area contributed by atoms with Crippen LogP contribution in [0.2, 0.25) is 0 Å². The van der Waals surface area contributed by atoms with Crippen molar-refractivity contribution in [3.63, 3.8) is 0 Å². The number of hydrogen-bond donors (Lipinski definition) is 1. The highest BCUT2D eigenvalue weighted by Crippen LogP contribution is 2.36. The molecule has 0 bridgehead atoms. The topological polar surface area (TPSA) is 29.5 Å². The fourth-order valence-corrected chi connectivity index (χ4v) is 2.15. The van der Waals surface area contributed by atoms with Crippen LogP contribution in [0.5, 0.6) is 11.5 Å². The van der Waals surface area contributed by atoms with Crippen LogP contribution in [0.1, 0.15) is 18.1 Å². The van der Waals surface area contributed by atoms with Gasteiger partial charge in [0.2, 0.25) is 0 Å². The van der Waals surface area contributed by atoms with Gasteiger partial charge in [-0.3, -0.25) is 0 Å². The minimum atomic E-state index is 0.327. The molecular formula is C10H13BrO2. The lowest BCUT2D eigenvalue weighted by molar-refractivity contribution is 0.404. The van der Waals surface area contributed by atoms with Gasteiger partial charge in [-0.2, -0.15) is 0 Å². The average Bonchev–Trinajstić information content (AvgIpc) is 2.04.